The average Bonchev–Trinajstić information content (AvgIpc) is 2.38. The van der Waals surface area contributed by atoms with Gasteiger partial charge in [0.05, 0.1) is 7.11 Å². The molecule has 2 aromatic rings. The third-order valence-electron chi connectivity index (χ3n) is 2.84. The van der Waals surface area contributed by atoms with Gasteiger partial charge >= 0.3 is 0 Å². The van der Waals surface area contributed by atoms with Crippen LogP contribution in [0.4, 0.5) is 5.69 Å². The van der Waals surface area contributed by atoms with Crippen molar-refractivity contribution in [2.45, 2.75) is 13.5 Å². The van der Waals surface area contributed by atoms with E-state index in [4.69, 9.17) is 4.74 Å². The van der Waals surface area contributed by atoms with Gasteiger partial charge in [-0.05, 0) is 58.7 Å². The van der Waals surface area contributed by atoms with Crippen LogP contribution in [0.25, 0.3) is 0 Å². The molecule has 0 saturated carbocycles. The first-order valence-corrected chi connectivity index (χ1v) is 7.51. The summed E-state index contributed by atoms with van der Waals surface area (Å²) in [4.78, 5) is 0. The second kappa shape index (κ2) is 6.44. The Hall–Kier alpha value is -1.00. The van der Waals surface area contributed by atoms with Gasteiger partial charge in [0.1, 0.15) is 5.75 Å². The van der Waals surface area contributed by atoms with Gasteiger partial charge in [-0.15, -0.1) is 0 Å². The van der Waals surface area contributed by atoms with Crippen molar-refractivity contribution in [1.82, 2.24) is 0 Å². The van der Waals surface area contributed by atoms with Crippen LogP contribution >= 0.6 is 31.9 Å². The van der Waals surface area contributed by atoms with Crippen molar-refractivity contribution in [2.75, 3.05) is 12.4 Å². The number of ether oxygens (including phenoxy) is 1. The van der Waals surface area contributed by atoms with Crippen LogP contribution in [0.3, 0.4) is 0 Å². The van der Waals surface area contributed by atoms with Crippen molar-refractivity contribution in [3.8, 4) is 5.75 Å². The van der Waals surface area contributed by atoms with E-state index in [1.165, 1.54) is 5.56 Å². The molecule has 0 heterocycles. The van der Waals surface area contributed by atoms with Gasteiger partial charge in [-0.2, -0.15) is 0 Å². The second-order valence-electron chi connectivity index (χ2n) is 4.29. The topological polar surface area (TPSA) is 21.3 Å². The van der Waals surface area contributed by atoms with Crippen LogP contribution in [0.1, 0.15) is 11.1 Å². The minimum absolute atomic E-state index is 0.713. The van der Waals surface area contributed by atoms with Crippen LogP contribution in [0.2, 0.25) is 0 Å². The highest BCUT2D eigenvalue weighted by Gasteiger charge is 2.05. The monoisotopic (exact) mass is 383 g/mol. The molecule has 0 saturated heterocycles. The molecule has 0 amide bonds. The summed E-state index contributed by atoms with van der Waals surface area (Å²) >= 11 is 7.05. The molecule has 2 rings (SSSR count). The van der Waals surface area contributed by atoms with Gasteiger partial charge in [-0.1, -0.05) is 22.0 Å². The summed E-state index contributed by atoms with van der Waals surface area (Å²) in [6.07, 6.45) is 0. The first kappa shape index (κ1) is 14.4. The van der Waals surface area contributed by atoms with Crippen LogP contribution in [-0.4, -0.2) is 7.11 Å². The van der Waals surface area contributed by atoms with Gasteiger partial charge in [0.15, 0.2) is 0 Å². The van der Waals surface area contributed by atoms with Crippen molar-refractivity contribution < 1.29 is 4.74 Å². The molecular formula is C15H15Br2NO. The number of hydrogen-bond donors (Lipinski definition) is 1. The second-order valence-corrected chi connectivity index (χ2v) is 6.06. The largest absolute Gasteiger partial charge is 0.496 e. The first-order chi connectivity index (χ1) is 9.10. The molecule has 0 aliphatic heterocycles. The molecule has 19 heavy (non-hydrogen) atoms. The van der Waals surface area contributed by atoms with E-state index in [0.717, 1.165) is 25.9 Å². The van der Waals surface area contributed by atoms with Gasteiger partial charge in [0, 0.05) is 26.7 Å². The smallest absolute Gasteiger partial charge is 0.123 e. The number of methoxy groups -OCH3 is 1. The highest BCUT2D eigenvalue weighted by molar-refractivity contribution is 9.10. The molecule has 0 aliphatic carbocycles. The standard InChI is InChI=1S/C15H15Br2NO/c1-10-3-5-14(13(17)7-10)18-9-11-8-12(16)4-6-15(11)19-2/h3-8,18H,9H2,1-2H3. The fourth-order valence-electron chi connectivity index (χ4n) is 1.84. The number of hydrogen-bond acceptors (Lipinski definition) is 2. The lowest BCUT2D eigenvalue weighted by atomic mass is 10.2. The van der Waals surface area contributed by atoms with E-state index in [1.807, 2.05) is 12.1 Å². The normalized spacial score (nSPS) is 10.3. The predicted molar refractivity (Wildman–Crippen MR) is 86.9 cm³/mol. The molecule has 0 bridgehead atoms. The molecular weight excluding hydrogens is 370 g/mol. The third-order valence-corrected chi connectivity index (χ3v) is 3.99. The molecule has 0 spiro atoms. The van der Waals surface area contributed by atoms with E-state index in [9.17, 15) is 0 Å². The van der Waals surface area contributed by atoms with Crippen molar-refractivity contribution >= 4 is 37.5 Å². The third kappa shape index (κ3) is 3.74. The Morgan fingerprint density at radius 3 is 2.58 bits per heavy atom. The van der Waals surface area contributed by atoms with Gasteiger partial charge in [-0.3, -0.25) is 0 Å². The molecule has 0 aliphatic rings. The van der Waals surface area contributed by atoms with Crippen LogP contribution in [0.5, 0.6) is 5.75 Å². The fourth-order valence-corrected chi connectivity index (χ4v) is 2.88. The SMILES string of the molecule is COc1ccc(Br)cc1CNc1ccc(C)cc1Br. The Kier molecular flexibility index (Phi) is 4.88. The Morgan fingerprint density at radius 1 is 1.11 bits per heavy atom. The lowest BCUT2D eigenvalue weighted by Gasteiger charge is -2.12. The Balaban J connectivity index is 2.16. The van der Waals surface area contributed by atoms with Crippen LogP contribution in [0.15, 0.2) is 45.3 Å². The van der Waals surface area contributed by atoms with Gasteiger partial charge < -0.3 is 10.1 Å². The number of benzene rings is 2. The zero-order valence-electron chi connectivity index (χ0n) is 10.8. The molecule has 100 valence electrons. The number of rotatable bonds is 4. The number of nitrogens with one attached hydrogen (secondary N) is 1. The van der Waals surface area contributed by atoms with Crippen LogP contribution < -0.4 is 10.1 Å². The molecule has 4 heteroatoms. The molecule has 2 aromatic carbocycles. The zero-order chi connectivity index (χ0) is 13.8. The van der Waals surface area contributed by atoms with E-state index < -0.39 is 0 Å². The highest BCUT2D eigenvalue weighted by Crippen LogP contribution is 2.27. The van der Waals surface area contributed by atoms with Gasteiger partial charge in [0.25, 0.3) is 0 Å². The summed E-state index contributed by atoms with van der Waals surface area (Å²) in [6, 6.07) is 12.3. The quantitative estimate of drug-likeness (QED) is 0.787. The van der Waals surface area contributed by atoms with E-state index >= 15 is 0 Å². The maximum Gasteiger partial charge on any atom is 0.123 e. The summed E-state index contributed by atoms with van der Waals surface area (Å²) in [7, 11) is 1.69. The highest BCUT2D eigenvalue weighted by atomic mass is 79.9. The van der Waals surface area contributed by atoms with Gasteiger partial charge in [0.2, 0.25) is 0 Å². The number of anilines is 1. The lowest BCUT2D eigenvalue weighted by molar-refractivity contribution is 0.410. The average molecular weight is 385 g/mol. The Morgan fingerprint density at radius 2 is 1.89 bits per heavy atom. The number of halogens is 2. The molecule has 0 radical (unpaired) electrons. The maximum atomic E-state index is 5.37. The molecule has 0 aromatic heterocycles. The summed E-state index contributed by atoms with van der Waals surface area (Å²) in [5, 5.41) is 3.41. The molecule has 0 atom stereocenters. The van der Waals surface area contributed by atoms with Crippen molar-refractivity contribution in [1.29, 1.82) is 0 Å². The fraction of sp³-hybridized carbons (Fsp3) is 0.200. The predicted octanol–water partition coefficient (Wildman–Crippen LogP) is 5.14. The van der Waals surface area contributed by atoms with E-state index in [0.29, 0.717) is 6.54 Å². The van der Waals surface area contributed by atoms with Crippen LogP contribution in [0, 0.1) is 6.92 Å². The summed E-state index contributed by atoms with van der Waals surface area (Å²) in [5.74, 6) is 0.888. The van der Waals surface area contributed by atoms with E-state index in [2.05, 4.69) is 68.4 Å². The lowest BCUT2D eigenvalue weighted by Crippen LogP contribution is -2.02. The Bertz CT molecular complexity index is 584. The maximum absolute atomic E-state index is 5.37. The minimum atomic E-state index is 0.713. The minimum Gasteiger partial charge on any atom is -0.496 e. The number of aryl methyl sites for hydroxylation is 1. The van der Waals surface area contributed by atoms with E-state index in [1.54, 1.807) is 7.11 Å². The summed E-state index contributed by atoms with van der Waals surface area (Å²) in [6.45, 7) is 2.79. The van der Waals surface area contributed by atoms with Crippen molar-refractivity contribution in [3.05, 3.63) is 56.5 Å². The van der Waals surface area contributed by atoms with Crippen LogP contribution in [-0.2, 0) is 6.54 Å². The van der Waals surface area contributed by atoms with E-state index in [-0.39, 0.29) is 0 Å². The summed E-state index contributed by atoms with van der Waals surface area (Å²) in [5.41, 5.74) is 3.43. The molecule has 1 N–H and O–H groups in total. The molecule has 0 fully saturated rings. The zero-order valence-corrected chi connectivity index (χ0v) is 14.0. The van der Waals surface area contributed by atoms with Crippen molar-refractivity contribution in [3.63, 3.8) is 0 Å². The van der Waals surface area contributed by atoms with Gasteiger partial charge in [-0.25, -0.2) is 0 Å². The first-order valence-electron chi connectivity index (χ1n) is 5.92. The summed E-state index contributed by atoms with van der Waals surface area (Å²) < 4.78 is 7.49. The molecule has 0 unspecified atom stereocenters. The molecule has 2 nitrogen and oxygen atoms in total. The van der Waals surface area contributed by atoms with Crippen molar-refractivity contribution in [2.24, 2.45) is 0 Å². The Labute approximate surface area is 130 Å².